The van der Waals surface area contributed by atoms with Gasteiger partial charge in [0.2, 0.25) is 0 Å². The molecule has 0 saturated carbocycles. The van der Waals surface area contributed by atoms with Gasteiger partial charge in [-0.2, -0.15) is 0 Å². The van der Waals surface area contributed by atoms with Crippen molar-refractivity contribution in [1.82, 2.24) is 4.57 Å². The molecule has 4 heterocycles. The van der Waals surface area contributed by atoms with E-state index in [0.29, 0.717) is 0 Å². The normalized spacial score (nSPS) is 15.9. The van der Waals surface area contributed by atoms with Gasteiger partial charge in [0.05, 0.1) is 11.0 Å². The third-order valence-electron chi connectivity index (χ3n) is 14.5. The number of aryl methyl sites for hydroxylation is 1. The molecular formula is C55H43BN2O. The number of rotatable bonds is 2. The molecule has 0 atom stereocenters. The van der Waals surface area contributed by atoms with Crippen molar-refractivity contribution >= 4 is 83.7 Å². The molecule has 0 radical (unpaired) electrons. The van der Waals surface area contributed by atoms with Crippen LogP contribution in [0.2, 0.25) is 0 Å². The lowest BCUT2D eigenvalue weighted by Gasteiger charge is -2.46. The zero-order chi connectivity index (χ0) is 39.5. The maximum absolute atomic E-state index is 6.70. The van der Waals surface area contributed by atoms with Gasteiger partial charge in [0.25, 0.3) is 0 Å². The van der Waals surface area contributed by atoms with E-state index in [1.165, 1.54) is 118 Å². The van der Waals surface area contributed by atoms with Gasteiger partial charge < -0.3 is 13.8 Å². The predicted octanol–water partition coefficient (Wildman–Crippen LogP) is 13.4. The molecule has 3 nitrogen and oxygen atoms in total. The first-order valence-corrected chi connectivity index (χ1v) is 21.3. The zero-order valence-electron chi connectivity index (χ0n) is 34.2. The number of nitrogens with zero attached hydrogens (tertiary/aromatic N) is 2. The van der Waals surface area contributed by atoms with Crippen LogP contribution in [0.1, 0.15) is 57.2 Å². The van der Waals surface area contributed by atoms with Crippen LogP contribution in [0.15, 0.2) is 150 Å². The minimum Gasteiger partial charge on any atom is -0.456 e. The smallest absolute Gasteiger partial charge is 0.333 e. The van der Waals surface area contributed by atoms with Crippen molar-refractivity contribution < 1.29 is 4.42 Å². The maximum atomic E-state index is 6.70. The molecule has 0 N–H and O–H groups in total. The fourth-order valence-corrected chi connectivity index (χ4v) is 11.4. The predicted molar refractivity (Wildman–Crippen MR) is 250 cm³/mol. The SMILES string of the molecule is Cc1cc2c(cc1N1B3c4c(cc(-c5ccccc5)cc4-n4c5cc6ccccc6cc5c5cccc3c54)-c3c1ccc1oc4ccccc4c31)C(C)(C)CCC2(C)C. The van der Waals surface area contributed by atoms with Crippen LogP contribution in [0.3, 0.4) is 0 Å². The summed E-state index contributed by atoms with van der Waals surface area (Å²) >= 11 is 0. The fourth-order valence-electron chi connectivity index (χ4n) is 11.4. The minimum absolute atomic E-state index is 0.0608. The lowest BCUT2D eigenvalue weighted by atomic mass is 9.43. The summed E-state index contributed by atoms with van der Waals surface area (Å²) < 4.78 is 9.31. The van der Waals surface area contributed by atoms with E-state index in [4.69, 9.17) is 4.42 Å². The van der Waals surface area contributed by atoms with Crippen LogP contribution in [0.4, 0.5) is 11.4 Å². The highest BCUT2D eigenvalue weighted by Crippen LogP contribution is 2.53. The van der Waals surface area contributed by atoms with Crippen molar-refractivity contribution in [3.8, 4) is 27.9 Å². The molecular weight excluding hydrogens is 715 g/mol. The third-order valence-corrected chi connectivity index (χ3v) is 14.5. The number of anilines is 2. The summed E-state index contributed by atoms with van der Waals surface area (Å²) in [5, 5.41) is 7.44. The van der Waals surface area contributed by atoms with E-state index in [2.05, 4.69) is 190 Å². The Morgan fingerprint density at radius 3 is 2.08 bits per heavy atom. The largest absolute Gasteiger partial charge is 0.456 e. The van der Waals surface area contributed by atoms with E-state index in [-0.39, 0.29) is 17.7 Å². The van der Waals surface area contributed by atoms with Crippen molar-refractivity contribution in [1.29, 1.82) is 0 Å². The van der Waals surface area contributed by atoms with Gasteiger partial charge in [-0.1, -0.05) is 125 Å². The highest BCUT2D eigenvalue weighted by molar-refractivity contribution is 6.93. The Balaban J connectivity index is 1.24. The molecule has 0 fully saturated rings. The Morgan fingerprint density at radius 1 is 0.559 bits per heavy atom. The van der Waals surface area contributed by atoms with Crippen LogP contribution in [-0.4, -0.2) is 11.4 Å². The summed E-state index contributed by atoms with van der Waals surface area (Å²) in [6.45, 7) is 12.1. The number of fused-ring (bicyclic) bond motifs is 13. The number of benzene rings is 8. The molecule has 59 heavy (non-hydrogen) atoms. The molecule has 8 aromatic carbocycles. The Bertz CT molecular complexity index is 3470. The highest BCUT2D eigenvalue weighted by atomic mass is 16.3. The van der Waals surface area contributed by atoms with Crippen LogP contribution < -0.4 is 15.7 Å². The lowest BCUT2D eigenvalue weighted by Crippen LogP contribution is -2.60. The molecule has 3 aliphatic rings. The van der Waals surface area contributed by atoms with Crippen molar-refractivity contribution in [2.24, 2.45) is 0 Å². The second-order valence-electron chi connectivity index (χ2n) is 18.8. The van der Waals surface area contributed by atoms with Gasteiger partial charge in [-0.15, -0.1) is 0 Å². The van der Waals surface area contributed by atoms with Crippen LogP contribution >= 0.6 is 0 Å². The summed E-state index contributed by atoms with van der Waals surface area (Å²) in [6.07, 6.45) is 2.36. The van der Waals surface area contributed by atoms with Crippen molar-refractivity contribution in [3.05, 3.63) is 162 Å². The van der Waals surface area contributed by atoms with Crippen LogP contribution in [0.25, 0.3) is 82.5 Å². The number of hydrogen-bond donors (Lipinski definition) is 0. The highest BCUT2D eigenvalue weighted by Gasteiger charge is 2.46. The summed E-state index contributed by atoms with van der Waals surface area (Å²) in [7, 11) is 0. The van der Waals surface area contributed by atoms with Gasteiger partial charge in [0, 0.05) is 44.2 Å². The molecule has 0 bridgehead atoms. The minimum atomic E-state index is -0.0701. The Kier molecular flexibility index (Phi) is 6.44. The molecule has 0 saturated heterocycles. The molecule has 0 spiro atoms. The van der Waals surface area contributed by atoms with Gasteiger partial charge >= 0.3 is 6.85 Å². The second kappa shape index (κ2) is 11.4. The van der Waals surface area contributed by atoms with Crippen LogP contribution in [0, 0.1) is 6.92 Å². The first kappa shape index (κ1) is 33.5. The van der Waals surface area contributed by atoms with Crippen LogP contribution in [0.5, 0.6) is 0 Å². The Labute approximate surface area is 344 Å². The summed E-state index contributed by atoms with van der Waals surface area (Å²) in [6, 6.07) is 54.9. The van der Waals surface area contributed by atoms with Gasteiger partial charge in [-0.25, -0.2) is 0 Å². The van der Waals surface area contributed by atoms with Crippen molar-refractivity contribution in [2.75, 3.05) is 4.81 Å². The number of furan rings is 1. The fraction of sp³-hybridized carbons (Fsp3) is 0.164. The maximum Gasteiger partial charge on any atom is 0.333 e. The van der Waals surface area contributed by atoms with Crippen LogP contribution in [-0.2, 0) is 10.8 Å². The molecule has 10 aromatic rings. The van der Waals surface area contributed by atoms with E-state index >= 15 is 0 Å². The second-order valence-corrected chi connectivity index (χ2v) is 18.8. The molecule has 282 valence electrons. The van der Waals surface area contributed by atoms with E-state index < -0.39 is 0 Å². The monoisotopic (exact) mass is 758 g/mol. The Hall–Kier alpha value is -6.52. The average Bonchev–Trinajstić information content (AvgIpc) is 3.79. The van der Waals surface area contributed by atoms with Gasteiger partial charge in [-0.3, -0.25) is 0 Å². The van der Waals surface area contributed by atoms with Crippen molar-refractivity contribution in [2.45, 2.75) is 58.3 Å². The van der Waals surface area contributed by atoms with E-state index in [1.54, 1.807) is 0 Å². The molecule has 1 aliphatic carbocycles. The average molecular weight is 759 g/mol. The lowest BCUT2D eigenvalue weighted by molar-refractivity contribution is 0.332. The Morgan fingerprint density at radius 2 is 1.27 bits per heavy atom. The van der Waals surface area contributed by atoms with Gasteiger partial charge in [0.15, 0.2) is 0 Å². The molecule has 13 rings (SSSR count). The quantitative estimate of drug-likeness (QED) is 0.164. The molecule has 4 heteroatoms. The first-order valence-electron chi connectivity index (χ1n) is 21.3. The zero-order valence-corrected chi connectivity index (χ0v) is 34.2. The van der Waals surface area contributed by atoms with E-state index in [1.807, 2.05) is 0 Å². The standard InChI is InChI=1S/C55H43BN2O/c1-32-26-41-42(55(4,5)25-24-54(41,2)3)31-45(32)58-44-22-23-49-51(38-18-11-12-21-48(38)59-49)50(44)40-28-36(33-14-7-6-8-15-33)30-47-52(40)56(58)43-20-13-19-37-39-27-34-16-9-10-17-35(34)29-46(39)57(47)53(37)43/h6-23,26-31H,24-25H2,1-5H3. The first-order chi connectivity index (χ1) is 28.7. The topological polar surface area (TPSA) is 21.3 Å². The third kappa shape index (κ3) is 4.39. The molecule has 0 unspecified atom stereocenters. The number of aromatic nitrogens is 1. The molecule has 0 amide bonds. The van der Waals surface area contributed by atoms with E-state index in [9.17, 15) is 0 Å². The summed E-state index contributed by atoms with van der Waals surface area (Å²) in [4.78, 5) is 2.73. The van der Waals surface area contributed by atoms with Gasteiger partial charge in [0.1, 0.15) is 11.2 Å². The van der Waals surface area contributed by atoms with E-state index in [0.717, 1.165) is 16.6 Å². The number of para-hydroxylation sites is 2. The van der Waals surface area contributed by atoms with Crippen molar-refractivity contribution in [3.63, 3.8) is 0 Å². The van der Waals surface area contributed by atoms with Gasteiger partial charge in [-0.05, 0) is 134 Å². The summed E-state index contributed by atoms with van der Waals surface area (Å²) in [5.74, 6) is 0. The summed E-state index contributed by atoms with van der Waals surface area (Å²) in [5.41, 5.74) is 20.2. The molecule has 2 aliphatic heterocycles. The number of hydrogen-bond acceptors (Lipinski definition) is 2. The molecule has 2 aromatic heterocycles.